The van der Waals surface area contributed by atoms with Crippen molar-refractivity contribution in [3.8, 4) is 0 Å². The summed E-state index contributed by atoms with van der Waals surface area (Å²) in [7, 11) is -3.54. The van der Waals surface area contributed by atoms with Gasteiger partial charge in [-0.15, -0.1) is 0 Å². The average molecular weight is 349 g/mol. The third kappa shape index (κ3) is 3.67. The number of hydrogen-bond acceptors (Lipinski definition) is 4. The molecule has 1 heterocycles. The van der Waals surface area contributed by atoms with Crippen LogP contribution in [0.3, 0.4) is 0 Å². The van der Waals surface area contributed by atoms with Gasteiger partial charge in [-0.05, 0) is 31.0 Å². The fraction of sp³-hybridized carbons (Fsp3) is 0.571. The van der Waals surface area contributed by atoms with Crippen LogP contribution in [0.1, 0.15) is 25.8 Å². The minimum Gasteiger partial charge on any atom is -0.398 e. The van der Waals surface area contributed by atoms with Crippen LogP contribution in [0.4, 0.5) is 5.69 Å². The molecule has 0 aromatic heterocycles. The Labute approximate surface area is 136 Å². The maximum atomic E-state index is 12.8. The largest absolute Gasteiger partial charge is 0.398 e. The highest BCUT2D eigenvalue weighted by Crippen LogP contribution is 2.33. The standard InChI is InChI=1S/C14H21ClN2O2S2/c1-10-12(15)8-11(9-13(10)16)21(18,19)17-5-4-14(2,3)20-7-6-17/h8-9H,4-7,16H2,1-3H3. The predicted molar refractivity (Wildman–Crippen MR) is 90.5 cm³/mol. The number of halogens is 1. The van der Waals surface area contributed by atoms with Crippen LogP contribution in [0.15, 0.2) is 17.0 Å². The minimum atomic E-state index is -3.54. The fourth-order valence-corrected chi connectivity index (χ4v) is 5.23. The third-order valence-corrected chi connectivity index (χ3v) is 7.43. The fourth-order valence-electron chi connectivity index (χ4n) is 2.21. The molecule has 21 heavy (non-hydrogen) atoms. The molecule has 0 atom stereocenters. The molecule has 1 aliphatic rings. The normalized spacial score (nSPS) is 20.2. The monoisotopic (exact) mass is 348 g/mol. The zero-order chi connectivity index (χ0) is 15.8. The first-order chi connectivity index (χ1) is 9.63. The van der Waals surface area contributed by atoms with E-state index in [2.05, 4.69) is 13.8 Å². The van der Waals surface area contributed by atoms with E-state index in [4.69, 9.17) is 17.3 Å². The summed E-state index contributed by atoms with van der Waals surface area (Å²) in [5, 5.41) is 0.387. The summed E-state index contributed by atoms with van der Waals surface area (Å²) >= 11 is 7.88. The maximum absolute atomic E-state index is 12.8. The quantitative estimate of drug-likeness (QED) is 0.834. The molecule has 2 rings (SSSR count). The smallest absolute Gasteiger partial charge is 0.243 e. The molecule has 7 heteroatoms. The molecule has 1 aromatic rings. The number of nitrogens with zero attached hydrogens (tertiary/aromatic N) is 1. The lowest BCUT2D eigenvalue weighted by Gasteiger charge is -2.22. The van der Waals surface area contributed by atoms with Gasteiger partial charge in [-0.2, -0.15) is 16.1 Å². The SMILES string of the molecule is Cc1c(N)cc(S(=O)(=O)N2CCSC(C)(C)CC2)cc1Cl. The predicted octanol–water partition coefficient (Wildman–Crippen LogP) is 3.14. The van der Waals surface area contributed by atoms with Gasteiger partial charge in [0.15, 0.2) is 0 Å². The summed E-state index contributed by atoms with van der Waals surface area (Å²) in [5.41, 5.74) is 6.97. The Bertz CT molecular complexity index is 621. The molecule has 0 aliphatic carbocycles. The van der Waals surface area contributed by atoms with E-state index in [0.717, 1.165) is 12.2 Å². The van der Waals surface area contributed by atoms with E-state index in [1.165, 1.54) is 16.4 Å². The van der Waals surface area contributed by atoms with E-state index in [-0.39, 0.29) is 9.64 Å². The highest BCUT2D eigenvalue weighted by Gasteiger charge is 2.31. The van der Waals surface area contributed by atoms with E-state index in [1.54, 1.807) is 6.92 Å². The molecule has 0 spiro atoms. The van der Waals surface area contributed by atoms with Crippen molar-refractivity contribution >= 4 is 39.1 Å². The summed E-state index contributed by atoms with van der Waals surface area (Å²) in [5.74, 6) is 0.793. The molecule has 1 fully saturated rings. The highest BCUT2D eigenvalue weighted by atomic mass is 35.5. The lowest BCUT2D eigenvalue weighted by Crippen LogP contribution is -2.33. The third-order valence-electron chi connectivity index (χ3n) is 3.79. The van der Waals surface area contributed by atoms with Gasteiger partial charge in [0.05, 0.1) is 4.90 Å². The molecule has 1 aliphatic heterocycles. The van der Waals surface area contributed by atoms with Crippen molar-refractivity contribution < 1.29 is 8.42 Å². The van der Waals surface area contributed by atoms with Gasteiger partial charge in [0.25, 0.3) is 0 Å². The van der Waals surface area contributed by atoms with Crippen molar-refractivity contribution in [2.75, 3.05) is 24.6 Å². The zero-order valence-electron chi connectivity index (χ0n) is 12.5. The zero-order valence-corrected chi connectivity index (χ0v) is 14.9. The number of benzene rings is 1. The van der Waals surface area contributed by atoms with Crippen molar-refractivity contribution in [3.63, 3.8) is 0 Å². The van der Waals surface area contributed by atoms with Crippen LogP contribution >= 0.6 is 23.4 Å². The van der Waals surface area contributed by atoms with Crippen molar-refractivity contribution in [1.82, 2.24) is 4.31 Å². The lowest BCUT2D eigenvalue weighted by atomic mass is 10.1. The van der Waals surface area contributed by atoms with E-state index >= 15 is 0 Å². The highest BCUT2D eigenvalue weighted by molar-refractivity contribution is 8.00. The number of sulfonamides is 1. The van der Waals surface area contributed by atoms with E-state index in [1.807, 2.05) is 11.8 Å². The molecule has 2 N–H and O–H groups in total. The summed E-state index contributed by atoms with van der Waals surface area (Å²) < 4.78 is 27.2. The lowest BCUT2D eigenvalue weighted by molar-refractivity contribution is 0.415. The molecule has 1 aromatic carbocycles. The molecule has 0 unspecified atom stereocenters. The van der Waals surface area contributed by atoms with Crippen molar-refractivity contribution in [2.45, 2.75) is 36.8 Å². The van der Waals surface area contributed by atoms with Crippen LogP contribution in [-0.4, -0.2) is 36.3 Å². The van der Waals surface area contributed by atoms with Crippen LogP contribution in [0, 0.1) is 6.92 Å². The first-order valence-electron chi connectivity index (χ1n) is 6.83. The number of nitrogen functional groups attached to an aromatic ring is 1. The Kier molecular flexibility index (Phi) is 4.83. The Hall–Kier alpha value is -0.430. The maximum Gasteiger partial charge on any atom is 0.243 e. The Morgan fingerprint density at radius 2 is 2.00 bits per heavy atom. The van der Waals surface area contributed by atoms with Crippen LogP contribution in [0.2, 0.25) is 5.02 Å². The van der Waals surface area contributed by atoms with Crippen LogP contribution < -0.4 is 5.73 Å². The summed E-state index contributed by atoms with van der Waals surface area (Å²) in [4.78, 5) is 0.181. The molecule has 0 saturated carbocycles. The molecular formula is C14H21ClN2O2S2. The molecule has 1 saturated heterocycles. The van der Waals surface area contributed by atoms with Crippen molar-refractivity contribution in [2.24, 2.45) is 0 Å². The minimum absolute atomic E-state index is 0.105. The topological polar surface area (TPSA) is 63.4 Å². The summed E-state index contributed by atoms with van der Waals surface area (Å²) in [6.07, 6.45) is 0.825. The van der Waals surface area contributed by atoms with Crippen LogP contribution in [0.5, 0.6) is 0 Å². The van der Waals surface area contributed by atoms with Gasteiger partial charge in [-0.25, -0.2) is 8.42 Å². The summed E-state index contributed by atoms with van der Waals surface area (Å²) in [6.45, 7) is 7.11. The van der Waals surface area contributed by atoms with Crippen molar-refractivity contribution in [1.29, 1.82) is 0 Å². The van der Waals surface area contributed by atoms with Gasteiger partial charge in [-0.1, -0.05) is 25.4 Å². The molecule has 4 nitrogen and oxygen atoms in total. The second-order valence-corrected chi connectivity index (χ2v) is 10.0. The molecule has 0 amide bonds. The van der Waals surface area contributed by atoms with Crippen LogP contribution in [0.25, 0.3) is 0 Å². The van der Waals surface area contributed by atoms with Gasteiger partial charge >= 0.3 is 0 Å². The van der Waals surface area contributed by atoms with Gasteiger partial charge in [0, 0.05) is 34.3 Å². The Morgan fingerprint density at radius 3 is 2.62 bits per heavy atom. The number of rotatable bonds is 2. The van der Waals surface area contributed by atoms with Gasteiger partial charge < -0.3 is 5.73 Å². The Morgan fingerprint density at radius 1 is 1.33 bits per heavy atom. The summed E-state index contributed by atoms with van der Waals surface area (Å²) in [6, 6.07) is 2.99. The first kappa shape index (κ1) is 16.9. The molecule has 0 radical (unpaired) electrons. The second-order valence-electron chi connectivity index (χ2n) is 5.88. The van der Waals surface area contributed by atoms with E-state index in [0.29, 0.717) is 29.4 Å². The van der Waals surface area contributed by atoms with Gasteiger partial charge in [0.2, 0.25) is 10.0 Å². The van der Waals surface area contributed by atoms with Gasteiger partial charge in [0.1, 0.15) is 0 Å². The Balaban J connectivity index is 2.34. The molecule has 118 valence electrons. The molecular weight excluding hydrogens is 328 g/mol. The average Bonchev–Trinajstić information content (AvgIpc) is 2.56. The number of hydrogen-bond donors (Lipinski definition) is 1. The first-order valence-corrected chi connectivity index (χ1v) is 9.63. The molecule has 0 bridgehead atoms. The van der Waals surface area contributed by atoms with Crippen molar-refractivity contribution in [3.05, 3.63) is 22.7 Å². The number of thioether (sulfide) groups is 1. The second kappa shape index (κ2) is 5.99. The number of anilines is 1. The van der Waals surface area contributed by atoms with Crippen LogP contribution in [-0.2, 0) is 10.0 Å². The van der Waals surface area contributed by atoms with E-state index < -0.39 is 10.0 Å². The number of nitrogens with two attached hydrogens (primary N) is 1. The van der Waals surface area contributed by atoms with E-state index in [9.17, 15) is 8.42 Å². The van der Waals surface area contributed by atoms with Gasteiger partial charge in [-0.3, -0.25) is 0 Å².